The van der Waals surface area contributed by atoms with E-state index in [1.165, 1.54) is 0 Å². The van der Waals surface area contributed by atoms with E-state index in [2.05, 4.69) is 22.2 Å². The van der Waals surface area contributed by atoms with E-state index in [-0.39, 0.29) is 23.2 Å². The van der Waals surface area contributed by atoms with Gasteiger partial charge in [-0.3, -0.25) is 9.59 Å². The molecule has 0 aliphatic rings. The third kappa shape index (κ3) is 5.57. The fourth-order valence-corrected chi connectivity index (χ4v) is 2.39. The molecule has 0 spiro atoms. The van der Waals surface area contributed by atoms with Crippen molar-refractivity contribution in [2.75, 3.05) is 27.3 Å². The second kappa shape index (κ2) is 9.96. The van der Waals surface area contributed by atoms with E-state index in [4.69, 9.17) is 9.47 Å². The van der Waals surface area contributed by atoms with Crippen LogP contribution in [0.1, 0.15) is 26.5 Å². The van der Waals surface area contributed by atoms with Crippen LogP contribution in [-0.4, -0.2) is 44.1 Å². The summed E-state index contributed by atoms with van der Waals surface area (Å²) in [5.41, 5.74) is 1.37. The van der Waals surface area contributed by atoms with Crippen molar-refractivity contribution in [3.63, 3.8) is 0 Å². The normalized spacial score (nSPS) is 10.0. The number of rotatable bonds is 9. The quantitative estimate of drug-likeness (QED) is 0.660. The molecule has 0 aliphatic heterocycles. The number of hydrogen-bond donors (Lipinski definition) is 2. The van der Waals surface area contributed by atoms with Gasteiger partial charge in [0.25, 0.3) is 11.8 Å². The van der Waals surface area contributed by atoms with Gasteiger partial charge in [0.2, 0.25) is 0 Å². The first-order chi connectivity index (χ1) is 13.1. The van der Waals surface area contributed by atoms with Crippen LogP contribution in [0.2, 0.25) is 0 Å². The molecule has 0 aliphatic carbocycles. The van der Waals surface area contributed by atoms with Crippen LogP contribution in [0.4, 0.5) is 0 Å². The summed E-state index contributed by atoms with van der Waals surface area (Å²) in [7, 11) is 3.16. The van der Waals surface area contributed by atoms with Gasteiger partial charge in [0.15, 0.2) is 11.5 Å². The molecule has 2 N–H and O–H groups in total. The number of methoxy groups -OCH3 is 2. The van der Waals surface area contributed by atoms with Gasteiger partial charge in [0, 0.05) is 13.1 Å². The summed E-state index contributed by atoms with van der Waals surface area (Å²) in [5.74, 6) is 0.603. The Morgan fingerprint density at radius 3 is 2.33 bits per heavy atom. The van der Waals surface area contributed by atoms with Crippen molar-refractivity contribution in [2.24, 2.45) is 0 Å². The van der Waals surface area contributed by atoms with Crippen LogP contribution >= 0.6 is 0 Å². The molecule has 0 saturated heterocycles. The van der Waals surface area contributed by atoms with Crippen molar-refractivity contribution in [1.82, 2.24) is 15.6 Å². The largest absolute Gasteiger partial charge is 0.493 e. The molecule has 7 nitrogen and oxygen atoms in total. The van der Waals surface area contributed by atoms with E-state index in [0.717, 1.165) is 5.56 Å². The van der Waals surface area contributed by atoms with Crippen molar-refractivity contribution in [1.29, 1.82) is 0 Å². The van der Waals surface area contributed by atoms with Gasteiger partial charge in [-0.1, -0.05) is 18.2 Å². The molecule has 0 saturated carbocycles. The Hall–Kier alpha value is -3.35. The number of hydrogen-bond acceptors (Lipinski definition) is 5. The maximum absolute atomic E-state index is 12.3. The Balaban J connectivity index is 1.94. The first kappa shape index (κ1) is 20.0. The minimum Gasteiger partial charge on any atom is -0.493 e. The molecule has 27 heavy (non-hydrogen) atoms. The third-order valence-corrected chi connectivity index (χ3v) is 3.77. The molecule has 0 atom stereocenters. The van der Waals surface area contributed by atoms with Gasteiger partial charge in [-0.15, -0.1) is 6.58 Å². The number of nitrogens with one attached hydrogen (secondary N) is 2. The van der Waals surface area contributed by atoms with Crippen molar-refractivity contribution >= 4 is 11.8 Å². The molecular weight excluding hydrogens is 346 g/mol. The maximum Gasteiger partial charge on any atom is 0.270 e. The SMILES string of the molecule is C=CCNC(=O)c1cccc(C(=O)NCCc2ccc(OC)c(OC)c2)n1. The van der Waals surface area contributed by atoms with Gasteiger partial charge in [0.1, 0.15) is 11.4 Å². The van der Waals surface area contributed by atoms with Gasteiger partial charge in [-0.2, -0.15) is 0 Å². The monoisotopic (exact) mass is 369 g/mol. The lowest BCUT2D eigenvalue weighted by atomic mass is 10.1. The van der Waals surface area contributed by atoms with Crippen LogP contribution in [0, 0.1) is 0 Å². The molecule has 0 bridgehead atoms. The first-order valence-electron chi connectivity index (χ1n) is 8.44. The van der Waals surface area contributed by atoms with E-state index in [1.54, 1.807) is 38.5 Å². The number of carbonyl (C=O) groups is 2. The lowest BCUT2D eigenvalue weighted by Gasteiger charge is -2.10. The predicted molar refractivity (Wildman–Crippen MR) is 102 cm³/mol. The standard InChI is InChI=1S/C20H23N3O4/c1-4-11-21-19(24)15-6-5-7-16(23-15)20(25)22-12-10-14-8-9-17(26-2)18(13-14)27-3/h4-9,13H,1,10-12H2,2-3H3,(H,21,24)(H,22,25). The number of pyridine rings is 1. The van der Waals surface area contributed by atoms with Crippen molar-refractivity contribution in [3.05, 3.63) is 66.0 Å². The molecule has 1 aromatic carbocycles. The zero-order valence-electron chi connectivity index (χ0n) is 15.5. The number of carbonyl (C=O) groups excluding carboxylic acids is 2. The number of ether oxygens (including phenoxy) is 2. The maximum atomic E-state index is 12.3. The smallest absolute Gasteiger partial charge is 0.270 e. The molecule has 142 valence electrons. The highest BCUT2D eigenvalue weighted by Crippen LogP contribution is 2.27. The highest BCUT2D eigenvalue weighted by Gasteiger charge is 2.12. The second-order valence-electron chi connectivity index (χ2n) is 5.60. The average molecular weight is 369 g/mol. The van der Waals surface area contributed by atoms with Gasteiger partial charge in [-0.25, -0.2) is 4.98 Å². The molecule has 7 heteroatoms. The highest BCUT2D eigenvalue weighted by molar-refractivity contribution is 5.96. The summed E-state index contributed by atoms with van der Waals surface area (Å²) < 4.78 is 10.5. The van der Waals surface area contributed by atoms with Crippen LogP contribution in [0.3, 0.4) is 0 Å². The van der Waals surface area contributed by atoms with Crippen molar-refractivity contribution in [2.45, 2.75) is 6.42 Å². The number of aromatic nitrogens is 1. The molecule has 1 heterocycles. The lowest BCUT2D eigenvalue weighted by molar-refractivity contribution is 0.0946. The number of amides is 2. The Kier molecular flexibility index (Phi) is 7.37. The molecule has 0 unspecified atom stereocenters. The number of benzene rings is 1. The van der Waals surface area contributed by atoms with Crippen molar-refractivity contribution in [3.8, 4) is 11.5 Å². The van der Waals surface area contributed by atoms with Crippen molar-refractivity contribution < 1.29 is 19.1 Å². The van der Waals surface area contributed by atoms with E-state index < -0.39 is 0 Å². The Bertz CT molecular complexity index is 821. The molecule has 0 fully saturated rings. The van der Waals surface area contributed by atoms with Crippen LogP contribution in [-0.2, 0) is 6.42 Å². The fraction of sp³-hybridized carbons (Fsp3) is 0.250. The molecule has 1 aromatic heterocycles. The molecule has 2 aromatic rings. The van der Waals surface area contributed by atoms with Gasteiger partial charge >= 0.3 is 0 Å². The van der Waals surface area contributed by atoms with Crippen LogP contribution in [0.25, 0.3) is 0 Å². The van der Waals surface area contributed by atoms with Gasteiger partial charge < -0.3 is 20.1 Å². The minimum atomic E-state index is -0.352. The van der Waals surface area contributed by atoms with Gasteiger partial charge in [0.05, 0.1) is 14.2 Å². The number of nitrogens with zero attached hydrogens (tertiary/aromatic N) is 1. The summed E-state index contributed by atoms with van der Waals surface area (Å²) >= 11 is 0. The van der Waals surface area contributed by atoms with E-state index >= 15 is 0 Å². The molecule has 2 amide bonds. The van der Waals surface area contributed by atoms with E-state index in [0.29, 0.717) is 31.0 Å². The zero-order chi connectivity index (χ0) is 19.6. The first-order valence-corrected chi connectivity index (χ1v) is 8.44. The van der Waals surface area contributed by atoms with E-state index in [9.17, 15) is 9.59 Å². The summed E-state index contributed by atoms with van der Waals surface area (Å²) in [6, 6.07) is 10.3. The van der Waals surface area contributed by atoms with Gasteiger partial charge in [-0.05, 0) is 36.2 Å². The minimum absolute atomic E-state index is 0.185. The predicted octanol–water partition coefficient (Wildman–Crippen LogP) is 1.99. The molecule has 0 radical (unpaired) electrons. The summed E-state index contributed by atoms with van der Waals surface area (Å²) in [4.78, 5) is 28.3. The van der Waals surface area contributed by atoms with E-state index in [1.807, 2.05) is 18.2 Å². The van der Waals surface area contributed by atoms with Crippen LogP contribution < -0.4 is 20.1 Å². The zero-order valence-corrected chi connectivity index (χ0v) is 15.5. The summed E-state index contributed by atoms with van der Waals surface area (Å²) in [6.45, 7) is 4.29. The molecular formula is C20H23N3O4. The van der Waals surface area contributed by atoms with Crippen LogP contribution in [0.15, 0.2) is 49.1 Å². The summed E-state index contributed by atoms with van der Waals surface area (Å²) in [5, 5.41) is 5.43. The second-order valence-corrected chi connectivity index (χ2v) is 5.60. The fourth-order valence-electron chi connectivity index (χ4n) is 2.39. The summed E-state index contributed by atoms with van der Waals surface area (Å²) in [6.07, 6.45) is 2.19. The Labute approximate surface area is 158 Å². The molecule has 2 rings (SSSR count). The Morgan fingerprint density at radius 1 is 1.04 bits per heavy atom. The lowest BCUT2D eigenvalue weighted by Crippen LogP contribution is -2.28. The Morgan fingerprint density at radius 2 is 1.70 bits per heavy atom. The topological polar surface area (TPSA) is 89.6 Å². The third-order valence-electron chi connectivity index (χ3n) is 3.77. The highest BCUT2D eigenvalue weighted by atomic mass is 16.5. The van der Waals surface area contributed by atoms with Crippen LogP contribution in [0.5, 0.6) is 11.5 Å². The average Bonchev–Trinajstić information content (AvgIpc) is 2.71.